The second kappa shape index (κ2) is 5.73. The highest BCUT2D eigenvalue weighted by molar-refractivity contribution is 6.31. The predicted octanol–water partition coefficient (Wildman–Crippen LogP) is 2.54. The van der Waals surface area contributed by atoms with Gasteiger partial charge in [-0.15, -0.1) is 0 Å². The van der Waals surface area contributed by atoms with Gasteiger partial charge in [-0.25, -0.2) is 0 Å². The molecule has 1 rings (SSSR count). The molecule has 1 aromatic carbocycles. The first-order valence-corrected chi connectivity index (χ1v) is 5.00. The Labute approximate surface area is 93.6 Å². The molecule has 4 heteroatoms. The van der Waals surface area contributed by atoms with E-state index in [1.165, 1.54) is 0 Å². The van der Waals surface area contributed by atoms with E-state index in [9.17, 15) is 4.79 Å². The van der Waals surface area contributed by atoms with Crippen molar-refractivity contribution in [3.63, 3.8) is 0 Å². The molecule has 82 valence electrons. The van der Waals surface area contributed by atoms with Crippen molar-refractivity contribution in [2.24, 2.45) is 0 Å². The van der Waals surface area contributed by atoms with Crippen LogP contribution in [0, 0.1) is 0 Å². The van der Waals surface area contributed by atoms with E-state index in [0.29, 0.717) is 23.6 Å². The van der Waals surface area contributed by atoms with Crippen LogP contribution in [0.3, 0.4) is 0 Å². The van der Waals surface area contributed by atoms with Gasteiger partial charge in [0, 0.05) is 18.7 Å². The van der Waals surface area contributed by atoms with E-state index in [1.54, 1.807) is 31.4 Å². The highest BCUT2D eigenvalue weighted by Crippen LogP contribution is 2.27. The summed E-state index contributed by atoms with van der Waals surface area (Å²) >= 11 is 5.94. The minimum absolute atomic E-state index is 0.405. The maximum absolute atomic E-state index is 11.0. The Hall–Kier alpha value is -1.06. The minimum Gasteiger partial charge on any atom is -0.481 e. The monoisotopic (exact) mass is 228 g/mol. The van der Waals surface area contributed by atoms with Crippen molar-refractivity contribution >= 4 is 17.6 Å². The molecule has 1 atom stereocenters. The lowest BCUT2D eigenvalue weighted by atomic mass is 9.96. The van der Waals surface area contributed by atoms with Crippen LogP contribution >= 0.6 is 11.6 Å². The van der Waals surface area contributed by atoms with Crippen LogP contribution in [0.25, 0.3) is 0 Å². The Kier molecular flexibility index (Phi) is 4.59. The van der Waals surface area contributed by atoms with Crippen molar-refractivity contribution in [3.8, 4) is 0 Å². The Bertz CT molecular complexity index is 338. The second-order valence-electron chi connectivity index (χ2n) is 3.19. The van der Waals surface area contributed by atoms with E-state index in [4.69, 9.17) is 21.4 Å². The number of hydrogen-bond donors (Lipinski definition) is 1. The zero-order chi connectivity index (χ0) is 11.3. The molecule has 0 bridgehead atoms. The Balaban J connectivity index is 2.89. The predicted molar refractivity (Wildman–Crippen MR) is 58.3 cm³/mol. The second-order valence-corrected chi connectivity index (χ2v) is 3.60. The number of aliphatic carboxylic acids is 1. The van der Waals surface area contributed by atoms with Gasteiger partial charge in [-0.1, -0.05) is 29.8 Å². The molecule has 0 saturated heterocycles. The topological polar surface area (TPSA) is 46.5 Å². The third-order valence-electron chi connectivity index (χ3n) is 2.19. The maximum atomic E-state index is 11.0. The van der Waals surface area contributed by atoms with E-state index in [1.807, 2.05) is 0 Å². The van der Waals surface area contributed by atoms with Crippen molar-refractivity contribution in [3.05, 3.63) is 34.9 Å². The molecule has 0 aromatic heterocycles. The number of carbonyl (C=O) groups is 1. The zero-order valence-corrected chi connectivity index (χ0v) is 9.20. The van der Waals surface area contributed by atoms with Crippen LogP contribution in [0.4, 0.5) is 0 Å². The molecule has 0 spiro atoms. The highest BCUT2D eigenvalue weighted by Gasteiger charge is 2.21. The average molecular weight is 229 g/mol. The summed E-state index contributed by atoms with van der Waals surface area (Å²) in [4.78, 5) is 11.0. The van der Waals surface area contributed by atoms with E-state index in [-0.39, 0.29) is 0 Å². The van der Waals surface area contributed by atoms with Crippen LogP contribution in [0.2, 0.25) is 5.02 Å². The molecule has 0 radical (unpaired) electrons. The molecule has 15 heavy (non-hydrogen) atoms. The van der Waals surface area contributed by atoms with E-state index < -0.39 is 11.9 Å². The van der Waals surface area contributed by atoms with E-state index >= 15 is 0 Å². The maximum Gasteiger partial charge on any atom is 0.311 e. The van der Waals surface area contributed by atoms with Gasteiger partial charge in [-0.3, -0.25) is 4.79 Å². The molecular weight excluding hydrogens is 216 g/mol. The molecule has 0 aliphatic heterocycles. The summed E-state index contributed by atoms with van der Waals surface area (Å²) in [6.45, 7) is 0.405. The first-order valence-electron chi connectivity index (χ1n) is 4.63. The molecule has 3 nitrogen and oxygen atoms in total. The van der Waals surface area contributed by atoms with Gasteiger partial charge in [-0.05, 0) is 18.1 Å². The van der Waals surface area contributed by atoms with Gasteiger partial charge in [0.25, 0.3) is 0 Å². The number of carboxylic acid groups (broad SMARTS) is 1. The molecule has 0 saturated carbocycles. The van der Waals surface area contributed by atoms with Gasteiger partial charge >= 0.3 is 5.97 Å². The van der Waals surface area contributed by atoms with Crippen molar-refractivity contribution in [1.82, 2.24) is 0 Å². The van der Waals surface area contributed by atoms with Crippen molar-refractivity contribution in [1.29, 1.82) is 0 Å². The molecule has 0 fully saturated rings. The first kappa shape index (κ1) is 12.0. The third kappa shape index (κ3) is 3.22. The van der Waals surface area contributed by atoms with Gasteiger partial charge in [0.05, 0.1) is 5.92 Å². The van der Waals surface area contributed by atoms with Crippen molar-refractivity contribution in [2.45, 2.75) is 12.3 Å². The van der Waals surface area contributed by atoms with Crippen molar-refractivity contribution < 1.29 is 14.6 Å². The van der Waals surface area contributed by atoms with Crippen LogP contribution in [-0.4, -0.2) is 24.8 Å². The number of carboxylic acids is 1. The minimum atomic E-state index is -0.875. The Morgan fingerprint density at radius 2 is 2.20 bits per heavy atom. The fourth-order valence-corrected chi connectivity index (χ4v) is 1.67. The summed E-state index contributed by atoms with van der Waals surface area (Å²) in [5, 5.41) is 9.55. The lowest BCUT2D eigenvalue weighted by Crippen LogP contribution is -2.14. The van der Waals surface area contributed by atoms with Crippen LogP contribution in [-0.2, 0) is 9.53 Å². The van der Waals surface area contributed by atoms with Crippen molar-refractivity contribution in [2.75, 3.05) is 13.7 Å². The van der Waals surface area contributed by atoms with Gasteiger partial charge in [0.2, 0.25) is 0 Å². The molecule has 1 unspecified atom stereocenters. The number of hydrogen-bond acceptors (Lipinski definition) is 2. The van der Waals surface area contributed by atoms with Crippen LogP contribution in [0.15, 0.2) is 24.3 Å². The average Bonchev–Trinajstić information content (AvgIpc) is 2.20. The van der Waals surface area contributed by atoms with Gasteiger partial charge in [0.1, 0.15) is 0 Å². The first-order chi connectivity index (χ1) is 7.16. The Morgan fingerprint density at radius 3 is 2.73 bits per heavy atom. The Morgan fingerprint density at radius 1 is 1.53 bits per heavy atom. The fourth-order valence-electron chi connectivity index (χ4n) is 1.41. The number of methoxy groups -OCH3 is 1. The standard InChI is InChI=1S/C11H13ClO3/c1-15-7-6-9(11(13)14)8-4-2-3-5-10(8)12/h2-5,9H,6-7H2,1H3,(H,13,14). The highest BCUT2D eigenvalue weighted by atomic mass is 35.5. The summed E-state index contributed by atoms with van der Waals surface area (Å²) < 4.78 is 4.88. The van der Waals surface area contributed by atoms with Crippen LogP contribution in [0.5, 0.6) is 0 Å². The summed E-state index contributed by atoms with van der Waals surface area (Å²) in [6, 6.07) is 6.99. The SMILES string of the molecule is COCCC(C(=O)O)c1ccccc1Cl. The fraction of sp³-hybridized carbons (Fsp3) is 0.364. The van der Waals surface area contributed by atoms with Crippen LogP contribution in [0.1, 0.15) is 17.9 Å². The summed E-state index contributed by atoms with van der Waals surface area (Å²) in [7, 11) is 1.55. The number of ether oxygens (including phenoxy) is 1. The smallest absolute Gasteiger partial charge is 0.311 e. The molecule has 1 N–H and O–H groups in total. The summed E-state index contributed by atoms with van der Waals surface area (Å²) in [6.07, 6.45) is 0.426. The quantitative estimate of drug-likeness (QED) is 0.843. The zero-order valence-electron chi connectivity index (χ0n) is 8.44. The molecule has 0 aliphatic rings. The largest absolute Gasteiger partial charge is 0.481 e. The van der Waals surface area contributed by atoms with Gasteiger partial charge in [-0.2, -0.15) is 0 Å². The normalized spacial score (nSPS) is 12.4. The summed E-state index contributed by atoms with van der Waals surface area (Å²) in [5.74, 6) is -1.47. The lowest BCUT2D eigenvalue weighted by Gasteiger charge is -2.13. The van der Waals surface area contributed by atoms with Gasteiger partial charge < -0.3 is 9.84 Å². The molecular formula is C11H13ClO3. The van der Waals surface area contributed by atoms with Gasteiger partial charge in [0.15, 0.2) is 0 Å². The van der Waals surface area contributed by atoms with E-state index in [0.717, 1.165) is 0 Å². The molecule has 1 aromatic rings. The van der Waals surface area contributed by atoms with Crippen LogP contribution < -0.4 is 0 Å². The van der Waals surface area contributed by atoms with E-state index in [2.05, 4.69) is 0 Å². The molecule has 0 amide bonds. The lowest BCUT2D eigenvalue weighted by molar-refractivity contribution is -0.139. The molecule has 0 aliphatic carbocycles. The third-order valence-corrected chi connectivity index (χ3v) is 2.53. The number of rotatable bonds is 5. The number of halogens is 1. The summed E-state index contributed by atoms with van der Waals surface area (Å²) in [5.41, 5.74) is 0.642. The molecule has 0 heterocycles. The number of benzene rings is 1.